The topological polar surface area (TPSA) is 72.4 Å². The van der Waals surface area contributed by atoms with Crippen LogP contribution in [0.1, 0.15) is 50.6 Å². The molecule has 2 heterocycles. The molecule has 5 nitrogen and oxygen atoms in total. The molecule has 0 bridgehead atoms. The van der Waals surface area contributed by atoms with E-state index in [-0.39, 0.29) is 18.0 Å². The number of hydrogen-bond acceptors (Lipinski definition) is 4. The lowest BCUT2D eigenvalue weighted by molar-refractivity contribution is -0.133. The first-order valence-corrected chi connectivity index (χ1v) is 7.58. The minimum absolute atomic E-state index is 0.164. The Morgan fingerprint density at radius 2 is 2.20 bits per heavy atom. The van der Waals surface area contributed by atoms with Gasteiger partial charge >= 0.3 is 0 Å². The van der Waals surface area contributed by atoms with Gasteiger partial charge in [-0.3, -0.25) is 4.79 Å². The second-order valence-corrected chi connectivity index (χ2v) is 5.64. The average Bonchev–Trinajstić information content (AvgIpc) is 2.80. The van der Waals surface area contributed by atoms with Crippen LogP contribution in [-0.2, 0) is 24.1 Å². The molecule has 112 valence electrons. The minimum atomic E-state index is 0.164. The van der Waals surface area contributed by atoms with Crippen molar-refractivity contribution < 1.29 is 9.32 Å². The molecule has 1 aromatic heterocycles. The van der Waals surface area contributed by atoms with Crippen LogP contribution in [0.15, 0.2) is 4.52 Å². The van der Waals surface area contributed by atoms with Gasteiger partial charge in [-0.05, 0) is 26.2 Å². The van der Waals surface area contributed by atoms with Gasteiger partial charge in [0.1, 0.15) is 5.76 Å². The summed E-state index contributed by atoms with van der Waals surface area (Å²) in [6.45, 7) is 6.89. The first-order valence-electron chi connectivity index (χ1n) is 7.58. The SMILES string of the molecule is CCc1noc(CC)c1CC(=O)N1CCC(N)CC1C. The summed E-state index contributed by atoms with van der Waals surface area (Å²) in [4.78, 5) is 14.5. The molecule has 1 fully saturated rings. The summed E-state index contributed by atoms with van der Waals surface area (Å²) in [5.74, 6) is 1.01. The number of carbonyl (C=O) groups excluding carboxylic acids is 1. The molecule has 1 saturated heterocycles. The van der Waals surface area contributed by atoms with E-state index in [1.54, 1.807) is 0 Å². The van der Waals surface area contributed by atoms with Gasteiger partial charge in [0, 0.05) is 30.6 Å². The second-order valence-electron chi connectivity index (χ2n) is 5.64. The number of likely N-dealkylation sites (tertiary alicyclic amines) is 1. The van der Waals surface area contributed by atoms with Crippen molar-refractivity contribution in [3.63, 3.8) is 0 Å². The molecule has 0 saturated carbocycles. The van der Waals surface area contributed by atoms with Gasteiger partial charge in [0.15, 0.2) is 0 Å². The Kier molecular flexibility index (Phi) is 4.81. The number of carbonyl (C=O) groups is 1. The van der Waals surface area contributed by atoms with E-state index in [0.29, 0.717) is 6.42 Å². The summed E-state index contributed by atoms with van der Waals surface area (Å²) in [5, 5.41) is 4.07. The minimum Gasteiger partial charge on any atom is -0.361 e. The standard InChI is InChI=1S/C15H25N3O2/c1-4-13-12(14(5-2)20-17-13)9-15(19)18-7-6-11(16)8-10(18)3/h10-11H,4-9,16H2,1-3H3. The summed E-state index contributed by atoms with van der Waals surface area (Å²) in [7, 11) is 0. The van der Waals surface area contributed by atoms with Gasteiger partial charge in [-0.1, -0.05) is 19.0 Å². The molecule has 2 atom stereocenters. The van der Waals surface area contributed by atoms with Crippen molar-refractivity contribution in [2.45, 2.75) is 65.0 Å². The van der Waals surface area contributed by atoms with Gasteiger partial charge in [-0.2, -0.15) is 0 Å². The summed E-state index contributed by atoms with van der Waals surface area (Å²) < 4.78 is 5.33. The lowest BCUT2D eigenvalue weighted by Crippen LogP contribution is -2.48. The number of nitrogens with two attached hydrogens (primary N) is 1. The zero-order valence-electron chi connectivity index (χ0n) is 12.7. The van der Waals surface area contributed by atoms with Crippen LogP contribution in [0.2, 0.25) is 0 Å². The fourth-order valence-corrected chi connectivity index (χ4v) is 2.97. The molecule has 2 unspecified atom stereocenters. The van der Waals surface area contributed by atoms with Crippen molar-refractivity contribution in [3.05, 3.63) is 17.0 Å². The maximum atomic E-state index is 12.5. The highest BCUT2D eigenvalue weighted by Gasteiger charge is 2.28. The third-order valence-corrected chi connectivity index (χ3v) is 4.17. The fraction of sp³-hybridized carbons (Fsp3) is 0.733. The number of aromatic nitrogens is 1. The molecular weight excluding hydrogens is 254 g/mol. The molecule has 20 heavy (non-hydrogen) atoms. The summed E-state index contributed by atoms with van der Waals surface area (Å²) in [6, 6.07) is 0.448. The quantitative estimate of drug-likeness (QED) is 0.910. The third-order valence-electron chi connectivity index (χ3n) is 4.17. The molecule has 2 N–H and O–H groups in total. The Bertz CT molecular complexity index is 448. The molecule has 0 spiro atoms. The van der Waals surface area contributed by atoms with E-state index >= 15 is 0 Å². The molecule has 0 aromatic carbocycles. The smallest absolute Gasteiger partial charge is 0.227 e. The van der Waals surface area contributed by atoms with Gasteiger partial charge in [0.05, 0.1) is 12.1 Å². The van der Waals surface area contributed by atoms with E-state index in [1.807, 2.05) is 18.7 Å². The third kappa shape index (κ3) is 3.03. The van der Waals surface area contributed by atoms with Gasteiger partial charge in [0.2, 0.25) is 5.91 Å². The van der Waals surface area contributed by atoms with Gasteiger partial charge in [-0.25, -0.2) is 0 Å². The molecule has 1 aromatic rings. The Balaban J connectivity index is 2.09. The first-order chi connectivity index (χ1) is 9.56. The number of nitrogens with zero attached hydrogens (tertiary/aromatic N) is 2. The molecule has 1 amide bonds. The summed E-state index contributed by atoms with van der Waals surface area (Å²) in [6.07, 6.45) is 3.75. The van der Waals surface area contributed by atoms with E-state index in [0.717, 1.165) is 49.2 Å². The summed E-state index contributed by atoms with van der Waals surface area (Å²) >= 11 is 0. The highest BCUT2D eigenvalue weighted by Crippen LogP contribution is 2.21. The second kappa shape index (κ2) is 6.39. The van der Waals surface area contributed by atoms with Crippen LogP contribution in [0, 0.1) is 0 Å². The largest absolute Gasteiger partial charge is 0.361 e. The monoisotopic (exact) mass is 279 g/mol. The van der Waals surface area contributed by atoms with Gasteiger partial charge in [-0.15, -0.1) is 0 Å². The Morgan fingerprint density at radius 3 is 2.80 bits per heavy atom. The highest BCUT2D eigenvalue weighted by atomic mass is 16.5. The van der Waals surface area contributed by atoms with Crippen LogP contribution in [0.3, 0.4) is 0 Å². The van der Waals surface area contributed by atoms with Crippen molar-refractivity contribution in [2.24, 2.45) is 5.73 Å². The lowest BCUT2D eigenvalue weighted by atomic mass is 9.97. The van der Waals surface area contributed by atoms with Crippen molar-refractivity contribution in [2.75, 3.05) is 6.54 Å². The lowest BCUT2D eigenvalue weighted by Gasteiger charge is -2.36. The Labute approximate surface area is 120 Å². The fourth-order valence-electron chi connectivity index (χ4n) is 2.97. The van der Waals surface area contributed by atoms with Crippen molar-refractivity contribution in [1.29, 1.82) is 0 Å². The maximum absolute atomic E-state index is 12.5. The van der Waals surface area contributed by atoms with Crippen LogP contribution >= 0.6 is 0 Å². The number of aryl methyl sites for hydroxylation is 2. The van der Waals surface area contributed by atoms with E-state index in [1.165, 1.54) is 0 Å². The maximum Gasteiger partial charge on any atom is 0.227 e. The number of rotatable bonds is 4. The van der Waals surface area contributed by atoms with Crippen molar-refractivity contribution in [3.8, 4) is 0 Å². The van der Waals surface area contributed by atoms with E-state index in [2.05, 4.69) is 12.1 Å². The van der Waals surface area contributed by atoms with Crippen LogP contribution in [0.25, 0.3) is 0 Å². The molecular formula is C15H25N3O2. The van der Waals surface area contributed by atoms with Crippen LogP contribution in [-0.4, -0.2) is 34.6 Å². The van der Waals surface area contributed by atoms with Gasteiger partial charge < -0.3 is 15.2 Å². The zero-order valence-corrected chi connectivity index (χ0v) is 12.7. The Morgan fingerprint density at radius 1 is 1.45 bits per heavy atom. The first kappa shape index (κ1) is 15.0. The number of amides is 1. The van der Waals surface area contributed by atoms with E-state index in [4.69, 9.17) is 10.3 Å². The highest BCUT2D eigenvalue weighted by molar-refractivity contribution is 5.79. The Hall–Kier alpha value is -1.36. The molecule has 1 aliphatic heterocycles. The number of hydrogen-bond donors (Lipinski definition) is 1. The predicted octanol–water partition coefficient (Wildman–Crippen LogP) is 1.68. The van der Waals surface area contributed by atoms with E-state index in [9.17, 15) is 4.79 Å². The van der Waals surface area contributed by atoms with E-state index < -0.39 is 0 Å². The predicted molar refractivity (Wildman–Crippen MR) is 77.3 cm³/mol. The summed E-state index contributed by atoms with van der Waals surface area (Å²) in [5.41, 5.74) is 7.85. The number of piperidine rings is 1. The van der Waals surface area contributed by atoms with Crippen LogP contribution in [0.5, 0.6) is 0 Å². The van der Waals surface area contributed by atoms with Crippen LogP contribution in [0.4, 0.5) is 0 Å². The average molecular weight is 279 g/mol. The molecule has 0 radical (unpaired) electrons. The van der Waals surface area contributed by atoms with Crippen LogP contribution < -0.4 is 5.73 Å². The molecule has 2 rings (SSSR count). The molecule has 5 heteroatoms. The normalized spacial score (nSPS) is 23.1. The van der Waals surface area contributed by atoms with Crippen molar-refractivity contribution in [1.82, 2.24) is 10.1 Å². The zero-order chi connectivity index (χ0) is 14.7. The molecule has 0 aliphatic carbocycles. The molecule has 1 aliphatic rings. The van der Waals surface area contributed by atoms with Crippen molar-refractivity contribution >= 4 is 5.91 Å². The van der Waals surface area contributed by atoms with Gasteiger partial charge in [0.25, 0.3) is 0 Å².